The molecule has 0 bridgehead atoms. The molecule has 2 rings (SSSR count). The predicted octanol–water partition coefficient (Wildman–Crippen LogP) is 4.26. The highest BCUT2D eigenvalue weighted by atomic mass is 16.5. The van der Waals surface area contributed by atoms with Gasteiger partial charge in [0.05, 0.1) is 0 Å². The second-order valence-corrected chi connectivity index (χ2v) is 5.05. The fourth-order valence-corrected chi connectivity index (χ4v) is 2.12. The van der Waals surface area contributed by atoms with Crippen LogP contribution < -0.4 is 10.4 Å². The van der Waals surface area contributed by atoms with Crippen molar-refractivity contribution in [1.82, 2.24) is 0 Å². The Bertz CT molecular complexity index is 723. The topological polar surface area (TPSA) is 39.4 Å². The Kier molecular flexibility index (Phi) is 4.99. The molecule has 0 amide bonds. The third-order valence-corrected chi connectivity index (χ3v) is 3.22. The van der Waals surface area contributed by atoms with Crippen molar-refractivity contribution < 1.29 is 9.15 Å². The molecule has 1 heterocycles. The summed E-state index contributed by atoms with van der Waals surface area (Å²) in [6.07, 6.45) is 5.45. The molecule has 0 fully saturated rings. The Labute approximate surface area is 124 Å². The molecule has 0 unspecified atom stereocenters. The number of rotatable bonds is 6. The van der Waals surface area contributed by atoms with E-state index in [2.05, 4.69) is 6.58 Å². The van der Waals surface area contributed by atoms with E-state index < -0.39 is 0 Å². The van der Waals surface area contributed by atoms with Gasteiger partial charge < -0.3 is 9.15 Å². The second kappa shape index (κ2) is 6.93. The Balaban J connectivity index is 2.47. The van der Waals surface area contributed by atoms with Crippen LogP contribution >= 0.6 is 0 Å². The van der Waals surface area contributed by atoms with Gasteiger partial charge in [0.15, 0.2) is 0 Å². The molecule has 1 aromatic heterocycles. The minimum absolute atomic E-state index is 0.343. The van der Waals surface area contributed by atoms with Crippen molar-refractivity contribution >= 4 is 11.0 Å². The van der Waals surface area contributed by atoms with E-state index in [0.717, 1.165) is 35.1 Å². The normalized spacial score (nSPS) is 11.1. The largest absolute Gasteiger partial charge is 0.489 e. The van der Waals surface area contributed by atoms with Gasteiger partial charge in [-0.1, -0.05) is 17.7 Å². The molecular weight excluding hydrogens is 264 g/mol. The minimum Gasteiger partial charge on any atom is -0.489 e. The molecule has 0 atom stereocenters. The van der Waals surface area contributed by atoms with Crippen molar-refractivity contribution in [2.24, 2.45) is 0 Å². The van der Waals surface area contributed by atoms with E-state index in [4.69, 9.17) is 9.15 Å². The fraction of sp³-hybridized carbons (Fsp3) is 0.278. The van der Waals surface area contributed by atoms with Crippen LogP contribution in [0.15, 0.2) is 57.8 Å². The summed E-state index contributed by atoms with van der Waals surface area (Å²) in [5, 5.41) is 0.907. The molecule has 110 valence electrons. The van der Waals surface area contributed by atoms with Gasteiger partial charge in [0.1, 0.15) is 17.9 Å². The number of hydrogen-bond acceptors (Lipinski definition) is 3. The number of allylic oxidation sites excluding steroid dienone is 2. The van der Waals surface area contributed by atoms with E-state index in [1.165, 1.54) is 6.07 Å². The molecule has 0 saturated heterocycles. The Morgan fingerprint density at radius 2 is 2.10 bits per heavy atom. The van der Waals surface area contributed by atoms with Gasteiger partial charge in [-0.15, -0.1) is 6.58 Å². The standard InChI is InChI=1S/C18H20O3/c1-4-5-12-20-16-10-7-14-8-11-17(19)21-18(14)15(16)9-6-13(2)3/h4-5,7-8,10-11H,2,6,9,12H2,1,3H3. The average molecular weight is 284 g/mol. The zero-order valence-electron chi connectivity index (χ0n) is 12.5. The lowest BCUT2D eigenvalue weighted by Crippen LogP contribution is -2.02. The third-order valence-electron chi connectivity index (χ3n) is 3.22. The van der Waals surface area contributed by atoms with Crippen molar-refractivity contribution in [3.63, 3.8) is 0 Å². The smallest absolute Gasteiger partial charge is 0.336 e. The van der Waals surface area contributed by atoms with Crippen LogP contribution in [0.5, 0.6) is 5.75 Å². The number of hydrogen-bond donors (Lipinski definition) is 0. The van der Waals surface area contributed by atoms with Gasteiger partial charge in [-0.3, -0.25) is 0 Å². The van der Waals surface area contributed by atoms with E-state index >= 15 is 0 Å². The van der Waals surface area contributed by atoms with Crippen LogP contribution in [0.1, 0.15) is 25.8 Å². The third kappa shape index (κ3) is 3.85. The highest BCUT2D eigenvalue weighted by molar-refractivity contribution is 5.82. The van der Waals surface area contributed by atoms with Gasteiger partial charge in [-0.25, -0.2) is 4.79 Å². The maximum Gasteiger partial charge on any atom is 0.336 e. The molecule has 2 aromatic rings. The predicted molar refractivity (Wildman–Crippen MR) is 85.9 cm³/mol. The molecule has 0 spiro atoms. The molecule has 0 radical (unpaired) electrons. The maximum atomic E-state index is 11.5. The second-order valence-electron chi connectivity index (χ2n) is 5.05. The van der Waals surface area contributed by atoms with E-state index in [9.17, 15) is 4.79 Å². The van der Waals surface area contributed by atoms with E-state index in [0.29, 0.717) is 12.2 Å². The SMILES string of the molecule is C=C(C)CCc1c(OCC=CC)ccc2ccc(=O)oc12. The quantitative estimate of drug-likeness (QED) is 0.588. The van der Waals surface area contributed by atoms with Crippen LogP contribution in [0.2, 0.25) is 0 Å². The van der Waals surface area contributed by atoms with E-state index in [1.54, 1.807) is 6.07 Å². The summed E-state index contributed by atoms with van der Waals surface area (Å²) < 4.78 is 11.2. The average Bonchev–Trinajstić information content (AvgIpc) is 2.45. The summed E-state index contributed by atoms with van der Waals surface area (Å²) in [5.41, 5.74) is 2.29. The summed E-state index contributed by atoms with van der Waals surface area (Å²) in [5.74, 6) is 0.760. The van der Waals surface area contributed by atoms with Crippen LogP contribution in [-0.2, 0) is 6.42 Å². The van der Waals surface area contributed by atoms with Crippen LogP contribution in [0.25, 0.3) is 11.0 Å². The van der Waals surface area contributed by atoms with Gasteiger partial charge >= 0.3 is 5.63 Å². The van der Waals surface area contributed by atoms with Gasteiger partial charge in [0, 0.05) is 17.0 Å². The number of aryl methyl sites for hydroxylation is 1. The van der Waals surface area contributed by atoms with E-state index in [-0.39, 0.29) is 5.63 Å². The summed E-state index contributed by atoms with van der Waals surface area (Å²) in [4.78, 5) is 11.5. The lowest BCUT2D eigenvalue weighted by molar-refractivity contribution is 0.358. The lowest BCUT2D eigenvalue weighted by atomic mass is 10.0. The monoisotopic (exact) mass is 284 g/mol. The Hall–Kier alpha value is -2.29. The summed E-state index contributed by atoms with van der Waals surface area (Å²) in [7, 11) is 0. The van der Waals surface area contributed by atoms with E-state index in [1.807, 2.05) is 38.1 Å². The first-order chi connectivity index (χ1) is 10.1. The first-order valence-corrected chi connectivity index (χ1v) is 7.06. The fourth-order valence-electron chi connectivity index (χ4n) is 2.12. The molecule has 0 aliphatic rings. The first kappa shape index (κ1) is 15.1. The number of benzene rings is 1. The van der Waals surface area contributed by atoms with Gasteiger partial charge in [-0.05, 0) is 44.9 Å². The first-order valence-electron chi connectivity index (χ1n) is 7.06. The molecule has 1 aromatic carbocycles. The van der Waals surface area contributed by atoms with Crippen LogP contribution in [0, 0.1) is 0 Å². The van der Waals surface area contributed by atoms with Gasteiger partial charge in [-0.2, -0.15) is 0 Å². The number of fused-ring (bicyclic) bond motifs is 1. The molecule has 0 N–H and O–H groups in total. The van der Waals surface area contributed by atoms with Crippen LogP contribution in [0.3, 0.4) is 0 Å². The van der Waals surface area contributed by atoms with Gasteiger partial charge in [0.25, 0.3) is 0 Å². The zero-order valence-corrected chi connectivity index (χ0v) is 12.5. The van der Waals surface area contributed by atoms with Crippen LogP contribution in [-0.4, -0.2) is 6.61 Å². The highest BCUT2D eigenvalue weighted by Gasteiger charge is 2.11. The number of ether oxygens (including phenoxy) is 1. The van der Waals surface area contributed by atoms with Crippen molar-refractivity contribution in [3.05, 3.63) is 64.6 Å². The Morgan fingerprint density at radius 1 is 1.33 bits per heavy atom. The molecule has 3 heteroatoms. The summed E-state index contributed by atoms with van der Waals surface area (Å²) in [6, 6.07) is 7.06. The molecule has 21 heavy (non-hydrogen) atoms. The molecule has 0 aliphatic heterocycles. The zero-order chi connectivity index (χ0) is 15.2. The Morgan fingerprint density at radius 3 is 2.81 bits per heavy atom. The molecule has 0 aliphatic carbocycles. The van der Waals surface area contributed by atoms with Crippen LogP contribution in [0.4, 0.5) is 0 Å². The molecule has 0 saturated carbocycles. The minimum atomic E-state index is -0.343. The molecular formula is C18H20O3. The van der Waals surface area contributed by atoms with Crippen molar-refractivity contribution in [2.75, 3.05) is 6.61 Å². The molecule has 3 nitrogen and oxygen atoms in total. The highest BCUT2D eigenvalue weighted by Crippen LogP contribution is 2.29. The maximum absolute atomic E-state index is 11.5. The van der Waals surface area contributed by atoms with Crippen molar-refractivity contribution in [2.45, 2.75) is 26.7 Å². The van der Waals surface area contributed by atoms with Gasteiger partial charge in [0.2, 0.25) is 0 Å². The van der Waals surface area contributed by atoms with Crippen molar-refractivity contribution in [3.8, 4) is 5.75 Å². The lowest BCUT2D eigenvalue weighted by Gasteiger charge is -2.12. The van der Waals surface area contributed by atoms with Crippen molar-refractivity contribution in [1.29, 1.82) is 0 Å². The summed E-state index contributed by atoms with van der Waals surface area (Å²) >= 11 is 0. The summed E-state index contributed by atoms with van der Waals surface area (Å²) in [6.45, 7) is 8.36.